The van der Waals surface area contributed by atoms with Crippen LogP contribution in [-0.2, 0) is 20.4 Å². The molecule has 27 heavy (non-hydrogen) atoms. The molecule has 2 heterocycles. The number of fused-ring (bicyclic) bond motifs is 1. The van der Waals surface area contributed by atoms with Gasteiger partial charge in [0.2, 0.25) is 0 Å². The van der Waals surface area contributed by atoms with Gasteiger partial charge in [-0.1, -0.05) is 6.07 Å². The molecule has 7 atom stereocenters. The normalized spacial score (nSPS) is 36.3. The Labute approximate surface area is 152 Å². The Morgan fingerprint density at radius 2 is 2.11 bits per heavy atom. The molecule has 0 bridgehead atoms. The monoisotopic (exact) mass is 388 g/mol. The number of rotatable bonds is 5. The summed E-state index contributed by atoms with van der Waals surface area (Å²) in [5.41, 5.74) is -0.832. The molecule has 3 fully saturated rings. The number of ether oxygens (including phenoxy) is 3. The van der Waals surface area contributed by atoms with E-state index in [-0.39, 0.29) is 42.7 Å². The third-order valence-electron chi connectivity index (χ3n) is 5.48. The highest BCUT2D eigenvalue weighted by molar-refractivity contribution is 5.72. The van der Waals surface area contributed by atoms with Crippen molar-refractivity contribution in [1.29, 1.82) is 0 Å². The number of hydrogen-bond donors (Lipinski definition) is 2. The van der Waals surface area contributed by atoms with Crippen LogP contribution >= 0.6 is 0 Å². The molecule has 0 aromatic heterocycles. The molecule has 0 spiro atoms. The highest BCUT2D eigenvalue weighted by Gasteiger charge is 2.60. The van der Waals surface area contributed by atoms with Gasteiger partial charge in [0.25, 0.3) is 0 Å². The molecule has 2 aliphatic heterocycles. The zero-order valence-corrected chi connectivity index (χ0v) is 14.1. The molecule has 1 aliphatic carbocycles. The third kappa shape index (κ3) is 3.63. The van der Waals surface area contributed by atoms with Crippen LogP contribution in [0.25, 0.3) is 0 Å². The molecule has 2 N–H and O–H groups in total. The second kappa shape index (κ2) is 6.65. The lowest BCUT2D eigenvalue weighted by Gasteiger charge is -2.17. The molecule has 1 saturated carbocycles. The number of carbonyl (C=O) groups is 1. The van der Waals surface area contributed by atoms with Crippen molar-refractivity contribution in [3.8, 4) is 5.75 Å². The largest absolute Gasteiger partial charge is 0.491 e. The molecule has 4 rings (SSSR count). The average molecular weight is 388 g/mol. The lowest BCUT2D eigenvalue weighted by atomic mass is 9.87. The Bertz CT molecular complexity index is 723. The standard InChI is InChI=1S/C18H19F3O6/c19-18(20,21)8-2-1-3-9(4-8)25-7-12(23)16-17(27-16)15-10-5-14(24)26-13(10)6-11(15)22/h1-4,10-13,15-17,22-23H,5-7H2/t10-,11+,12?,13-,15+,16?,17+/m0/s1. The average Bonchev–Trinajstić information content (AvgIpc) is 3.21. The van der Waals surface area contributed by atoms with E-state index in [1.165, 1.54) is 12.1 Å². The maximum atomic E-state index is 12.7. The fourth-order valence-electron chi connectivity index (χ4n) is 4.17. The highest BCUT2D eigenvalue weighted by Crippen LogP contribution is 2.49. The first-order valence-corrected chi connectivity index (χ1v) is 8.75. The molecule has 1 aromatic rings. The zero-order valence-electron chi connectivity index (χ0n) is 14.1. The molecule has 2 saturated heterocycles. The minimum atomic E-state index is -4.47. The predicted molar refractivity (Wildman–Crippen MR) is 83.7 cm³/mol. The summed E-state index contributed by atoms with van der Waals surface area (Å²) in [6.07, 6.45) is -6.98. The van der Waals surface area contributed by atoms with E-state index in [0.717, 1.165) is 12.1 Å². The summed E-state index contributed by atoms with van der Waals surface area (Å²) in [6.45, 7) is -0.241. The first-order valence-electron chi connectivity index (χ1n) is 8.75. The van der Waals surface area contributed by atoms with Gasteiger partial charge in [0.1, 0.15) is 30.7 Å². The Kier molecular flexibility index (Phi) is 4.56. The van der Waals surface area contributed by atoms with Crippen LogP contribution in [0.15, 0.2) is 24.3 Å². The van der Waals surface area contributed by atoms with E-state index < -0.39 is 36.2 Å². The summed E-state index contributed by atoms with van der Waals surface area (Å²) >= 11 is 0. The van der Waals surface area contributed by atoms with Gasteiger partial charge < -0.3 is 24.4 Å². The van der Waals surface area contributed by atoms with E-state index in [1.807, 2.05) is 0 Å². The van der Waals surface area contributed by atoms with Gasteiger partial charge in [0.05, 0.1) is 24.2 Å². The first kappa shape index (κ1) is 18.5. The number of epoxide rings is 1. The second-order valence-corrected chi connectivity index (χ2v) is 7.25. The summed E-state index contributed by atoms with van der Waals surface area (Å²) in [4.78, 5) is 11.4. The summed E-state index contributed by atoms with van der Waals surface area (Å²) in [7, 11) is 0. The molecule has 0 amide bonds. The van der Waals surface area contributed by atoms with Crippen molar-refractivity contribution in [2.24, 2.45) is 11.8 Å². The van der Waals surface area contributed by atoms with E-state index in [4.69, 9.17) is 14.2 Å². The van der Waals surface area contributed by atoms with Crippen LogP contribution in [0.4, 0.5) is 13.2 Å². The van der Waals surface area contributed by atoms with Gasteiger partial charge in [0, 0.05) is 18.3 Å². The van der Waals surface area contributed by atoms with Gasteiger partial charge in [-0.25, -0.2) is 0 Å². The van der Waals surface area contributed by atoms with Gasteiger partial charge in [-0.3, -0.25) is 4.79 Å². The van der Waals surface area contributed by atoms with Crippen molar-refractivity contribution >= 4 is 5.97 Å². The molecular formula is C18H19F3O6. The molecule has 148 valence electrons. The molecule has 0 radical (unpaired) electrons. The van der Waals surface area contributed by atoms with Crippen LogP contribution in [0.3, 0.4) is 0 Å². The van der Waals surface area contributed by atoms with Gasteiger partial charge >= 0.3 is 12.1 Å². The fourth-order valence-corrected chi connectivity index (χ4v) is 4.17. The molecule has 9 heteroatoms. The summed E-state index contributed by atoms with van der Waals surface area (Å²) in [5.74, 6) is -0.752. The van der Waals surface area contributed by atoms with Gasteiger partial charge in [-0.15, -0.1) is 0 Å². The van der Waals surface area contributed by atoms with Crippen LogP contribution in [0, 0.1) is 11.8 Å². The van der Waals surface area contributed by atoms with Crippen molar-refractivity contribution in [1.82, 2.24) is 0 Å². The fraction of sp³-hybridized carbons (Fsp3) is 0.611. The van der Waals surface area contributed by atoms with Gasteiger partial charge in [0.15, 0.2) is 0 Å². The minimum absolute atomic E-state index is 0.00294. The lowest BCUT2D eigenvalue weighted by Crippen LogP contribution is -2.32. The number of hydrogen-bond acceptors (Lipinski definition) is 6. The van der Waals surface area contributed by atoms with Crippen molar-refractivity contribution in [2.75, 3.05) is 6.61 Å². The minimum Gasteiger partial charge on any atom is -0.491 e. The predicted octanol–water partition coefficient (Wildman–Crippen LogP) is 1.52. The van der Waals surface area contributed by atoms with E-state index in [9.17, 15) is 28.2 Å². The Hall–Kier alpha value is -1.84. The van der Waals surface area contributed by atoms with Crippen molar-refractivity contribution in [3.63, 3.8) is 0 Å². The Morgan fingerprint density at radius 3 is 2.85 bits per heavy atom. The molecule has 3 aliphatic rings. The van der Waals surface area contributed by atoms with Gasteiger partial charge in [-0.2, -0.15) is 13.2 Å². The SMILES string of the molecule is O=C1C[C@@H]2[C@@H]([C@H]3OC3C(O)COc3cccc(C(F)(F)F)c3)[C@H](O)C[C@@H]2O1. The number of benzene rings is 1. The number of halogens is 3. The number of carbonyl (C=O) groups excluding carboxylic acids is 1. The van der Waals surface area contributed by atoms with Crippen LogP contribution in [0.1, 0.15) is 18.4 Å². The molecular weight excluding hydrogens is 369 g/mol. The van der Waals surface area contributed by atoms with E-state index in [2.05, 4.69) is 0 Å². The number of aliphatic hydroxyl groups excluding tert-OH is 2. The van der Waals surface area contributed by atoms with Crippen LogP contribution in [0.2, 0.25) is 0 Å². The molecule has 6 nitrogen and oxygen atoms in total. The maximum absolute atomic E-state index is 12.7. The quantitative estimate of drug-likeness (QED) is 0.588. The van der Waals surface area contributed by atoms with Crippen molar-refractivity contribution < 1.29 is 42.4 Å². The first-order chi connectivity index (χ1) is 12.7. The Morgan fingerprint density at radius 1 is 1.33 bits per heavy atom. The Balaban J connectivity index is 1.33. The molecule has 1 aromatic carbocycles. The number of alkyl halides is 3. The summed E-state index contributed by atoms with van der Waals surface area (Å²) < 4.78 is 54.1. The number of aliphatic hydroxyl groups is 2. The summed E-state index contributed by atoms with van der Waals surface area (Å²) in [5, 5.41) is 20.5. The smallest absolute Gasteiger partial charge is 0.416 e. The van der Waals surface area contributed by atoms with Gasteiger partial charge in [-0.05, 0) is 18.2 Å². The van der Waals surface area contributed by atoms with Crippen LogP contribution in [0.5, 0.6) is 5.75 Å². The van der Waals surface area contributed by atoms with Crippen molar-refractivity contribution in [3.05, 3.63) is 29.8 Å². The van der Waals surface area contributed by atoms with E-state index in [1.54, 1.807) is 0 Å². The molecule has 2 unspecified atom stereocenters. The highest BCUT2D eigenvalue weighted by atomic mass is 19.4. The lowest BCUT2D eigenvalue weighted by molar-refractivity contribution is -0.142. The van der Waals surface area contributed by atoms with Crippen molar-refractivity contribution in [2.45, 2.75) is 49.5 Å². The zero-order chi connectivity index (χ0) is 19.3. The van der Waals surface area contributed by atoms with E-state index in [0.29, 0.717) is 6.42 Å². The third-order valence-corrected chi connectivity index (χ3v) is 5.48. The summed E-state index contributed by atoms with van der Waals surface area (Å²) in [6, 6.07) is 4.41. The van der Waals surface area contributed by atoms with E-state index >= 15 is 0 Å². The second-order valence-electron chi connectivity index (χ2n) is 7.25. The topological polar surface area (TPSA) is 88.5 Å². The number of esters is 1. The van der Waals surface area contributed by atoms with Crippen LogP contribution in [-0.4, -0.2) is 53.3 Å². The van der Waals surface area contributed by atoms with Crippen LogP contribution < -0.4 is 4.74 Å². The maximum Gasteiger partial charge on any atom is 0.416 e.